The van der Waals surface area contributed by atoms with Crippen LogP contribution in [0.2, 0.25) is 0 Å². The van der Waals surface area contributed by atoms with Gasteiger partial charge in [0.15, 0.2) is 0 Å². The number of rotatable bonds is 7. The minimum atomic E-state index is -0.485. The van der Waals surface area contributed by atoms with Crippen LogP contribution >= 0.6 is 11.3 Å². The molecule has 6 nitrogen and oxygen atoms in total. The first kappa shape index (κ1) is 19.3. The van der Waals surface area contributed by atoms with Crippen molar-refractivity contribution in [3.63, 3.8) is 0 Å². The molecule has 0 amide bonds. The molecule has 27 heavy (non-hydrogen) atoms. The van der Waals surface area contributed by atoms with Crippen LogP contribution in [0.25, 0.3) is 21.3 Å². The molecule has 1 aromatic carbocycles. The zero-order chi connectivity index (χ0) is 19.4. The summed E-state index contributed by atoms with van der Waals surface area (Å²) in [5, 5.41) is 2.47. The highest BCUT2D eigenvalue weighted by Crippen LogP contribution is 2.31. The monoisotopic (exact) mass is 386 g/mol. The number of hydrogen-bond acceptors (Lipinski definition) is 6. The molecule has 0 aliphatic heterocycles. The summed E-state index contributed by atoms with van der Waals surface area (Å²) >= 11 is 1.42. The Kier molecular flexibility index (Phi) is 6.03. The van der Waals surface area contributed by atoms with Gasteiger partial charge in [-0.05, 0) is 37.5 Å². The summed E-state index contributed by atoms with van der Waals surface area (Å²) in [4.78, 5) is 29.9. The molecule has 0 saturated heterocycles. The van der Waals surface area contributed by atoms with Gasteiger partial charge in [-0.2, -0.15) is 0 Å². The molecule has 3 aromatic rings. The van der Waals surface area contributed by atoms with Crippen LogP contribution in [0.5, 0.6) is 0 Å². The van der Waals surface area contributed by atoms with Gasteiger partial charge in [0.25, 0.3) is 5.56 Å². The summed E-state index contributed by atoms with van der Waals surface area (Å²) in [6.07, 6.45) is 1.40. The Morgan fingerprint density at radius 1 is 1.22 bits per heavy atom. The summed E-state index contributed by atoms with van der Waals surface area (Å²) in [6, 6.07) is 6.11. The van der Waals surface area contributed by atoms with Crippen LogP contribution in [-0.4, -0.2) is 35.3 Å². The minimum absolute atomic E-state index is 0.170. The van der Waals surface area contributed by atoms with E-state index in [0.29, 0.717) is 23.4 Å². The van der Waals surface area contributed by atoms with E-state index in [1.54, 1.807) is 0 Å². The van der Waals surface area contributed by atoms with E-state index in [2.05, 4.69) is 18.0 Å². The van der Waals surface area contributed by atoms with E-state index in [-0.39, 0.29) is 18.7 Å². The molecule has 0 atom stereocenters. The molecule has 7 heteroatoms. The molecule has 0 bridgehead atoms. The predicted octanol–water partition coefficient (Wildman–Crippen LogP) is 3.32. The van der Waals surface area contributed by atoms with Gasteiger partial charge in [0.1, 0.15) is 18.0 Å². The lowest BCUT2D eigenvalue weighted by molar-refractivity contribution is -0.145. The lowest BCUT2D eigenvalue weighted by Crippen LogP contribution is -2.26. The Morgan fingerprint density at radius 3 is 2.78 bits per heavy atom. The second-order valence-electron chi connectivity index (χ2n) is 6.22. The zero-order valence-corrected chi connectivity index (χ0v) is 16.5. The first-order valence-electron chi connectivity index (χ1n) is 8.79. The molecule has 0 fully saturated rings. The molecule has 3 rings (SSSR count). The highest BCUT2D eigenvalue weighted by atomic mass is 32.1. The fourth-order valence-corrected chi connectivity index (χ4v) is 3.65. The van der Waals surface area contributed by atoms with E-state index in [1.165, 1.54) is 27.8 Å². The number of nitrogens with zero attached hydrogens (tertiary/aromatic N) is 2. The van der Waals surface area contributed by atoms with Crippen molar-refractivity contribution in [2.45, 2.75) is 27.3 Å². The lowest BCUT2D eigenvalue weighted by atomic mass is 10.0. The van der Waals surface area contributed by atoms with Crippen molar-refractivity contribution in [1.29, 1.82) is 0 Å². The van der Waals surface area contributed by atoms with Gasteiger partial charge in [-0.1, -0.05) is 18.2 Å². The van der Waals surface area contributed by atoms with E-state index >= 15 is 0 Å². The van der Waals surface area contributed by atoms with Crippen molar-refractivity contribution >= 4 is 27.5 Å². The van der Waals surface area contributed by atoms with E-state index in [9.17, 15) is 9.59 Å². The molecule has 0 radical (unpaired) electrons. The largest absolute Gasteiger partial charge is 0.462 e. The topological polar surface area (TPSA) is 70.4 Å². The van der Waals surface area contributed by atoms with Gasteiger partial charge in [0.05, 0.1) is 18.3 Å². The van der Waals surface area contributed by atoms with Gasteiger partial charge in [-0.25, -0.2) is 4.98 Å². The van der Waals surface area contributed by atoms with Gasteiger partial charge < -0.3 is 9.47 Å². The quantitative estimate of drug-likeness (QED) is 0.460. The van der Waals surface area contributed by atoms with Crippen LogP contribution in [0.4, 0.5) is 0 Å². The standard InChI is InChI=1S/C20H22N2O4S/c1-4-25-7-8-26-17(23)10-22-12-21-19-18(20(22)24)16(11-27-19)15-6-5-13(2)14(3)9-15/h5-6,9,11-12H,4,7-8,10H2,1-3H3. The Morgan fingerprint density at radius 2 is 2.04 bits per heavy atom. The van der Waals surface area contributed by atoms with Crippen molar-refractivity contribution < 1.29 is 14.3 Å². The minimum Gasteiger partial charge on any atom is -0.462 e. The fourth-order valence-electron chi connectivity index (χ4n) is 2.75. The van der Waals surface area contributed by atoms with Crippen molar-refractivity contribution in [3.8, 4) is 11.1 Å². The number of fused-ring (bicyclic) bond motifs is 1. The maximum Gasteiger partial charge on any atom is 0.326 e. The number of carbonyl (C=O) groups is 1. The molecule has 0 N–H and O–H groups in total. The number of carbonyl (C=O) groups excluding carboxylic acids is 1. The predicted molar refractivity (Wildman–Crippen MR) is 106 cm³/mol. The molecule has 2 heterocycles. The highest BCUT2D eigenvalue weighted by molar-refractivity contribution is 7.17. The maximum atomic E-state index is 12.9. The molecule has 0 aliphatic rings. The molecule has 0 aliphatic carbocycles. The highest BCUT2D eigenvalue weighted by Gasteiger charge is 2.15. The SMILES string of the molecule is CCOCCOC(=O)Cn1cnc2scc(-c3ccc(C)c(C)c3)c2c1=O. The number of aromatic nitrogens is 2. The first-order chi connectivity index (χ1) is 13.0. The molecular formula is C20H22N2O4S. The van der Waals surface area contributed by atoms with Crippen molar-refractivity contribution in [1.82, 2.24) is 9.55 Å². The van der Waals surface area contributed by atoms with Crippen LogP contribution in [0.1, 0.15) is 18.1 Å². The summed E-state index contributed by atoms with van der Waals surface area (Å²) in [5.74, 6) is -0.485. The van der Waals surface area contributed by atoms with E-state index in [4.69, 9.17) is 9.47 Å². The van der Waals surface area contributed by atoms with Gasteiger partial charge in [-0.15, -0.1) is 11.3 Å². The maximum absolute atomic E-state index is 12.9. The van der Waals surface area contributed by atoms with E-state index < -0.39 is 5.97 Å². The Bertz CT molecular complexity index is 1020. The molecular weight excluding hydrogens is 364 g/mol. The normalized spacial score (nSPS) is 11.1. The summed E-state index contributed by atoms with van der Waals surface area (Å²) in [5.41, 5.74) is 3.93. The molecule has 0 spiro atoms. The lowest BCUT2D eigenvalue weighted by Gasteiger charge is -2.08. The summed E-state index contributed by atoms with van der Waals surface area (Å²) in [6.45, 7) is 6.88. The third-order valence-electron chi connectivity index (χ3n) is 4.37. The Hall–Kier alpha value is -2.51. The zero-order valence-electron chi connectivity index (χ0n) is 15.7. The average molecular weight is 386 g/mol. The Balaban J connectivity index is 1.89. The number of thiophene rings is 1. The number of esters is 1. The Labute approximate surface area is 161 Å². The number of hydrogen-bond donors (Lipinski definition) is 0. The third-order valence-corrected chi connectivity index (χ3v) is 5.26. The van der Waals surface area contributed by atoms with Crippen LogP contribution in [-0.2, 0) is 20.8 Å². The number of benzene rings is 1. The van der Waals surface area contributed by atoms with Crippen molar-refractivity contribution in [3.05, 3.63) is 51.4 Å². The summed E-state index contributed by atoms with van der Waals surface area (Å²) < 4.78 is 11.5. The second-order valence-corrected chi connectivity index (χ2v) is 7.08. The third kappa shape index (κ3) is 4.26. The van der Waals surface area contributed by atoms with E-state index in [0.717, 1.165) is 16.7 Å². The fraction of sp³-hybridized carbons (Fsp3) is 0.350. The summed E-state index contributed by atoms with van der Waals surface area (Å²) in [7, 11) is 0. The van der Waals surface area contributed by atoms with Crippen LogP contribution in [0.15, 0.2) is 34.7 Å². The number of ether oxygens (including phenoxy) is 2. The molecule has 142 valence electrons. The van der Waals surface area contributed by atoms with Crippen LogP contribution in [0.3, 0.4) is 0 Å². The molecule has 0 saturated carbocycles. The number of aryl methyl sites for hydroxylation is 2. The van der Waals surface area contributed by atoms with Gasteiger partial charge in [0, 0.05) is 17.6 Å². The first-order valence-corrected chi connectivity index (χ1v) is 9.67. The smallest absolute Gasteiger partial charge is 0.326 e. The van der Waals surface area contributed by atoms with Gasteiger partial charge in [0.2, 0.25) is 0 Å². The van der Waals surface area contributed by atoms with Gasteiger partial charge >= 0.3 is 5.97 Å². The van der Waals surface area contributed by atoms with Crippen molar-refractivity contribution in [2.24, 2.45) is 0 Å². The molecule has 2 aromatic heterocycles. The average Bonchev–Trinajstić information content (AvgIpc) is 3.08. The second kappa shape index (κ2) is 8.45. The van der Waals surface area contributed by atoms with Gasteiger partial charge in [-0.3, -0.25) is 14.2 Å². The van der Waals surface area contributed by atoms with E-state index in [1.807, 2.05) is 31.4 Å². The van der Waals surface area contributed by atoms with Crippen LogP contribution < -0.4 is 5.56 Å². The van der Waals surface area contributed by atoms with Crippen molar-refractivity contribution in [2.75, 3.05) is 19.8 Å². The van der Waals surface area contributed by atoms with Crippen LogP contribution in [0, 0.1) is 13.8 Å². The molecule has 0 unspecified atom stereocenters.